The standard InChI is InChI=1S/C20H26N4O3/c1-12-6-4-5-7-14(12)17-15-9-21-8-13(15)10-23(17)16(25)11-24-18(26)20(2,3)22-19(24)27/h4-7,13,15,17,21H,8-11H2,1-3H3,(H,22,27)/t13-,15-,17+/m0/s1. The fourth-order valence-electron chi connectivity index (χ4n) is 4.68. The highest BCUT2D eigenvalue weighted by Gasteiger charge is 2.49. The van der Waals surface area contributed by atoms with Crippen LogP contribution in [0.2, 0.25) is 0 Å². The van der Waals surface area contributed by atoms with Gasteiger partial charge in [0.1, 0.15) is 12.1 Å². The fourth-order valence-corrected chi connectivity index (χ4v) is 4.68. The Bertz CT molecular complexity index is 806. The summed E-state index contributed by atoms with van der Waals surface area (Å²) in [4.78, 5) is 40.7. The molecule has 0 aromatic heterocycles. The lowest BCUT2D eigenvalue weighted by Crippen LogP contribution is -2.45. The number of fused-ring (bicyclic) bond motifs is 1. The van der Waals surface area contributed by atoms with Crippen LogP contribution in [0.3, 0.4) is 0 Å². The first-order valence-electron chi connectivity index (χ1n) is 9.49. The number of rotatable bonds is 3. The van der Waals surface area contributed by atoms with Gasteiger partial charge < -0.3 is 15.5 Å². The third-order valence-corrected chi connectivity index (χ3v) is 6.13. The second kappa shape index (κ2) is 6.34. The Labute approximate surface area is 159 Å². The normalized spacial score (nSPS) is 29.2. The van der Waals surface area contributed by atoms with Crippen LogP contribution in [-0.2, 0) is 9.59 Å². The molecule has 1 aromatic carbocycles. The number of carbonyl (C=O) groups is 3. The van der Waals surface area contributed by atoms with Crippen LogP contribution in [0.15, 0.2) is 24.3 Å². The number of likely N-dealkylation sites (tertiary alicyclic amines) is 1. The zero-order valence-electron chi connectivity index (χ0n) is 16.0. The number of nitrogens with one attached hydrogen (secondary N) is 2. The molecule has 27 heavy (non-hydrogen) atoms. The Hall–Kier alpha value is -2.41. The van der Waals surface area contributed by atoms with Gasteiger partial charge in [0, 0.05) is 25.6 Å². The third kappa shape index (κ3) is 2.90. The van der Waals surface area contributed by atoms with E-state index in [9.17, 15) is 14.4 Å². The Balaban J connectivity index is 1.60. The molecule has 3 heterocycles. The van der Waals surface area contributed by atoms with Crippen LogP contribution in [0.1, 0.15) is 31.0 Å². The molecule has 0 unspecified atom stereocenters. The van der Waals surface area contributed by atoms with E-state index in [2.05, 4.69) is 29.7 Å². The van der Waals surface area contributed by atoms with Crippen molar-refractivity contribution in [3.8, 4) is 0 Å². The molecule has 0 radical (unpaired) electrons. The predicted molar refractivity (Wildman–Crippen MR) is 99.8 cm³/mol. The summed E-state index contributed by atoms with van der Waals surface area (Å²) in [5.41, 5.74) is 1.35. The van der Waals surface area contributed by atoms with Gasteiger partial charge in [-0.05, 0) is 37.8 Å². The van der Waals surface area contributed by atoms with E-state index in [1.807, 2.05) is 17.0 Å². The number of nitrogens with zero attached hydrogens (tertiary/aromatic N) is 2. The van der Waals surface area contributed by atoms with E-state index in [0.717, 1.165) is 29.1 Å². The van der Waals surface area contributed by atoms with Crippen molar-refractivity contribution >= 4 is 17.8 Å². The van der Waals surface area contributed by atoms with E-state index in [-0.39, 0.29) is 24.4 Å². The van der Waals surface area contributed by atoms with E-state index in [1.54, 1.807) is 13.8 Å². The first-order chi connectivity index (χ1) is 12.8. The lowest BCUT2D eigenvalue weighted by atomic mass is 9.87. The molecule has 3 saturated heterocycles. The smallest absolute Gasteiger partial charge is 0.325 e. The van der Waals surface area contributed by atoms with Gasteiger partial charge in [-0.25, -0.2) is 4.79 Å². The number of aryl methyl sites for hydroxylation is 1. The van der Waals surface area contributed by atoms with Gasteiger partial charge in [-0.2, -0.15) is 0 Å². The maximum atomic E-state index is 13.2. The van der Waals surface area contributed by atoms with Crippen molar-refractivity contribution in [3.05, 3.63) is 35.4 Å². The topological polar surface area (TPSA) is 81.8 Å². The summed E-state index contributed by atoms with van der Waals surface area (Å²) >= 11 is 0. The van der Waals surface area contributed by atoms with Crippen LogP contribution >= 0.6 is 0 Å². The van der Waals surface area contributed by atoms with Gasteiger partial charge in [0.25, 0.3) is 5.91 Å². The Kier molecular flexibility index (Phi) is 4.22. The van der Waals surface area contributed by atoms with Gasteiger partial charge in [0.2, 0.25) is 5.91 Å². The van der Waals surface area contributed by atoms with Crippen molar-refractivity contribution in [2.45, 2.75) is 32.4 Å². The molecule has 3 aliphatic heterocycles. The average molecular weight is 370 g/mol. The van der Waals surface area contributed by atoms with Crippen molar-refractivity contribution in [2.24, 2.45) is 11.8 Å². The molecule has 7 nitrogen and oxygen atoms in total. The van der Waals surface area contributed by atoms with Crippen LogP contribution in [0.5, 0.6) is 0 Å². The van der Waals surface area contributed by atoms with Crippen LogP contribution in [0, 0.1) is 18.8 Å². The second-order valence-electron chi connectivity index (χ2n) is 8.38. The summed E-state index contributed by atoms with van der Waals surface area (Å²) < 4.78 is 0. The minimum Gasteiger partial charge on any atom is -0.333 e. The number of hydrogen-bond donors (Lipinski definition) is 2. The largest absolute Gasteiger partial charge is 0.333 e. The first-order valence-corrected chi connectivity index (χ1v) is 9.49. The molecule has 7 heteroatoms. The Morgan fingerprint density at radius 2 is 1.96 bits per heavy atom. The van der Waals surface area contributed by atoms with Gasteiger partial charge in [0.15, 0.2) is 0 Å². The van der Waals surface area contributed by atoms with E-state index in [0.29, 0.717) is 18.4 Å². The molecule has 0 bridgehead atoms. The molecule has 4 amide bonds. The summed E-state index contributed by atoms with van der Waals surface area (Å²) in [6.45, 7) is 7.59. The first kappa shape index (κ1) is 18.0. The molecule has 3 aliphatic rings. The molecule has 0 aliphatic carbocycles. The minimum atomic E-state index is -0.960. The van der Waals surface area contributed by atoms with Gasteiger partial charge >= 0.3 is 6.03 Å². The van der Waals surface area contributed by atoms with Crippen LogP contribution < -0.4 is 10.6 Å². The number of carbonyl (C=O) groups excluding carboxylic acids is 3. The van der Waals surface area contributed by atoms with Crippen molar-refractivity contribution < 1.29 is 14.4 Å². The van der Waals surface area contributed by atoms with Crippen LogP contribution in [-0.4, -0.2) is 59.4 Å². The van der Waals surface area contributed by atoms with Crippen molar-refractivity contribution in [2.75, 3.05) is 26.2 Å². The maximum Gasteiger partial charge on any atom is 0.325 e. The third-order valence-electron chi connectivity index (χ3n) is 6.13. The van der Waals surface area contributed by atoms with Gasteiger partial charge in [-0.3, -0.25) is 14.5 Å². The Morgan fingerprint density at radius 3 is 2.63 bits per heavy atom. The van der Waals surface area contributed by atoms with Crippen molar-refractivity contribution in [1.82, 2.24) is 20.4 Å². The quantitative estimate of drug-likeness (QED) is 0.779. The monoisotopic (exact) mass is 370 g/mol. The summed E-state index contributed by atoms with van der Waals surface area (Å²) in [5.74, 6) is 0.237. The SMILES string of the molecule is Cc1ccccc1[C@@H]1[C@H]2CNC[C@H]2CN1C(=O)CN1C(=O)NC(C)(C)C1=O. The zero-order chi connectivity index (χ0) is 19.3. The van der Waals surface area contributed by atoms with E-state index >= 15 is 0 Å². The average Bonchev–Trinajstić information content (AvgIpc) is 3.24. The lowest BCUT2D eigenvalue weighted by Gasteiger charge is -2.30. The van der Waals surface area contributed by atoms with E-state index < -0.39 is 11.6 Å². The summed E-state index contributed by atoms with van der Waals surface area (Å²) in [6, 6.07) is 7.63. The number of amides is 4. The molecule has 2 N–H and O–H groups in total. The minimum absolute atomic E-state index is 0.0209. The maximum absolute atomic E-state index is 13.2. The molecule has 1 aromatic rings. The molecule has 0 saturated carbocycles. The second-order valence-corrected chi connectivity index (χ2v) is 8.38. The number of imide groups is 1. The van der Waals surface area contributed by atoms with Crippen LogP contribution in [0.4, 0.5) is 4.79 Å². The van der Waals surface area contributed by atoms with Gasteiger partial charge in [-0.1, -0.05) is 24.3 Å². The van der Waals surface area contributed by atoms with Gasteiger partial charge in [-0.15, -0.1) is 0 Å². The van der Waals surface area contributed by atoms with Crippen LogP contribution in [0.25, 0.3) is 0 Å². The van der Waals surface area contributed by atoms with E-state index in [4.69, 9.17) is 0 Å². The summed E-state index contributed by atoms with van der Waals surface area (Å²) in [6.07, 6.45) is 0. The van der Waals surface area contributed by atoms with Crippen molar-refractivity contribution in [1.29, 1.82) is 0 Å². The lowest BCUT2D eigenvalue weighted by molar-refractivity contribution is -0.139. The zero-order valence-corrected chi connectivity index (χ0v) is 16.0. The molecule has 4 rings (SSSR count). The molecule has 0 spiro atoms. The summed E-state index contributed by atoms with van der Waals surface area (Å²) in [7, 11) is 0. The van der Waals surface area contributed by atoms with Gasteiger partial charge in [0.05, 0.1) is 6.04 Å². The predicted octanol–water partition coefficient (Wildman–Crippen LogP) is 1.04. The molecule has 3 atom stereocenters. The molecule has 144 valence electrons. The number of benzene rings is 1. The van der Waals surface area contributed by atoms with Crippen molar-refractivity contribution in [3.63, 3.8) is 0 Å². The highest BCUT2D eigenvalue weighted by molar-refractivity contribution is 6.08. The number of urea groups is 1. The highest BCUT2D eigenvalue weighted by Crippen LogP contribution is 2.43. The summed E-state index contributed by atoms with van der Waals surface area (Å²) in [5, 5.41) is 6.07. The molecular formula is C20H26N4O3. The van der Waals surface area contributed by atoms with E-state index in [1.165, 1.54) is 0 Å². The Morgan fingerprint density at radius 1 is 1.22 bits per heavy atom. The highest BCUT2D eigenvalue weighted by atomic mass is 16.2. The number of hydrogen-bond acceptors (Lipinski definition) is 4. The fraction of sp³-hybridized carbons (Fsp3) is 0.550. The molecule has 3 fully saturated rings. The molecular weight excluding hydrogens is 344 g/mol.